The first kappa shape index (κ1) is 29.7. The highest BCUT2D eigenvalue weighted by molar-refractivity contribution is 5.89. The molecular formula is C29H44N8O3. The third kappa shape index (κ3) is 7.07. The Balaban J connectivity index is 1.35. The average molecular weight is 553 g/mol. The standard InChI is InChI=1S/C29H44N8O3/c1-5-34(23-12-8-22(30)9-13-23)19-21-6-10-24(11-7-21)37-15-14-25(33-28(37)40)32-27(39)36-17-16-35(18-20(36)2)26(38)29(3,4)31/h6-7,10-11,14-15,20,22-23H,5,8-9,12-13,16-19,30-31H2,1-4H3,(H,32,33,39,40)/t20-,22-,23-/m1/s1. The highest BCUT2D eigenvalue weighted by atomic mass is 16.2. The number of anilines is 1. The van der Waals surface area contributed by atoms with E-state index in [-0.39, 0.29) is 23.8 Å². The minimum Gasteiger partial charge on any atom is -0.337 e. The highest BCUT2D eigenvalue weighted by Gasteiger charge is 2.34. The van der Waals surface area contributed by atoms with Crippen LogP contribution in [-0.4, -0.2) is 86.0 Å². The van der Waals surface area contributed by atoms with Crippen molar-refractivity contribution in [3.8, 4) is 5.69 Å². The summed E-state index contributed by atoms with van der Waals surface area (Å²) in [6.45, 7) is 10.4. The zero-order valence-corrected chi connectivity index (χ0v) is 24.2. The first-order chi connectivity index (χ1) is 19.0. The molecule has 5 N–H and O–H groups in total. The van der Waals surface area contributed by atoms with Gasteiger partial charge in [-0.1, -0.05) is 19.1 Å². The second-order valence-electron chi connectivity index (χ2n) is 11.7. The molecule has 1 atom stereocenters. The molecule has 1 saturated heterocycles. The van der Waals surface area contributed by atoms with Crippen molar-refractivity contribution in [3.05, 3.63) is 52.6 Å². The van der Waals surface area contributed by atoms with Crippen LogP contribution in [0.5, 0.6) is 0 Å². The molecule has 2 aromatic rings. The summed E-state index contributed by atoms with van der Waals surface area (Å²) in [7, 11) is 0. The van der Waals surface area contributed by atoms with Crippen LogP contribution in [0.1, 0.15) is 58.9 Å². The fourth-order valence-electron chi connectivity index (χ4n) is 5.66. The smallest absolute Gasteiger partial charge is 0.337 e. The van der Waals surface area contributed by atoms with Gasteiger partial charge in [-0.15, -0.1) is 0 Å². The van der Waals surface area contributed by atoms with E-state index in [1.165, 1.54) is 10.1 Å². The lowest BCUT2D eigenvalue weighted by atomic mass is 9.90. The van der Waals surface area contributed by atoms with Gasteiger partial charge in [-0.25, -0.2) is 9.59 Å². The summed E-state index contributed by atoms with van der Waals surface area (Å²) in [6.07, 6.45) is 6.05. The van der Waals surface area contributed by atoms with E-state index in [1.54, 1.807) is 35.9 Å². The monoisotopic (exact) mass is 552 g/mol. The van der Waals surface area contributed by atoms with Crippen LogP contribution in [0, 0.1) is 0 Å². The van der Waals surface area contributed by atoms with E-state index in [0.29, 0.717) is 37.4 Å². The molecule has 0 unspecified atom stereocenters. The maximum atomic E-state index is 12.9. The van der Waals surface area contributed by atoms with Crippen molar-refractivity contribution in [1.82, 2.24) is 24.3 Å². The van der Waals surface area contributed by atoms with Gasteiger partial charge < -0.3 is 21.3 Å². The molecule has 2 heterocycles. The van der Waals surface area contributed by atoms with E-state index in [1.807, 2.05) is 31.2 Å². The Kier molecular flexibility index (Phi) is 9.27. The number of benzene rings is 1. The molecule has 0 bridgehead atoms. The van der Waals surface area contributed by atoms with E-state index in [4.69, 9.17) is 11.5 Å². The first-order valence-electron chi connectivity index (χ1n) is 14.3. The van der Waals surface area contributed by atoms with Crippen LogP contribution < -0.4 is 22.5 Å². The van der Waals surface area contributed by atoms with Crippen LogP contribution in [0.25, 0.3) is 5.69 Å². The summed E-state index contributed by atoms with van der Waals surface area (Å²) in [4.78, 5) is 48.2. The number of carbonyl (C=O) groups excluding carboxylic acids is 2. The lowest BCUT2D eigenvalue weighted by molar-refractivity contribution is -0.138. The molecule has 40 heavy (non-hydrogen) atoms. The third-order valence-corrected chi connectivity index (χ3v) is 8.03. The van der Waals surface area contributed by atoms with Gasteiger partial charge in [-0.2, -0.15) is 4.98 Å². The fraction of sp³-hybridized carbons (Fsp3) is 0.586. The van der Waals surface area contributed by atoms with Crippen LogP contribution in [0.15, 0.2) is 41.3 Å². The molecule has 1 aliphatic heterocycles. The Bertz CT molecular complexity index is 1230. The summed E-state index contributed by atoms with van der Waals surface area (Å²) in [5, 5.41) is 2.73. The second kappa shape index (κ2) is 12.5. The molecule has 3 amide bonds. The van der Waals surface area contributed by atoms with Crippen LogP contribution in [0.4, 0.5) is 10.6 Å². The van der Waals surface area contributed by atoms with E-state index >= 15 is 0 Å². The SMILES string of the molecule is CCN(Cc1ccc(-n2ccc(NC(=O)N3CCN(C(=O)C(C)(C)N)C[C@H]3C)nc2=O)cc1)[C@H]1CC[C@H](N)CC1. The normalized spacial score (nSPS) is 21.9. The Morgan fingerprint density at radius 2 is 1.77 bits per heavy atom. The Morgan fingerprint density at radius 1 is 1.10 bits per heavy atom. The number of urea groups is 1. The summed E-state index contributed by atoms with van der Waals surface area (Å²) >= 11 is 0. The summed E-state index contributed by atoms with van der Waals surface area (Å²) in [6, 6.07) is 9.88. The number of amides is 3. The molecule has 0 radical (unpaired) electrons. The quantitative estimate of drug-likeness (QED) is 0.477. The molecule has 1 saturated carbocycles. The van der Waals surface area contributed by atoms with Gasteiger partial charge in [0.2, 0.25) is 5.91 Å². The number of carbonyl (C=O) groups is 2. The third-order valence-electron chi connectivity index (χ3n) is 8.03. The Labute approximate surface area is 236 Å². The summed E-state index contributed by atoms with van der Waals surface area (Å²) in [5.41, 5.74) is 12.5. The number of piperazine rings is 1. The lowest BCUT2D eigenvalue weighted by Gasteiger charge is -2.41. The van der Waals surface area contributed by atoms with Crippen LogP contribution in [-0.2, 0) is 11.3 Å². The van der Waals surface area contributed by atoms with Crippen molar-refractivity contribution in [3.63, 3.8) is 0 Å². The predicted octanol–water partition coefficient (Wildman–Crippen LogP) is 2.13. The van der Waals surface area contributed by atoms with Crippen LogP contribution in [0.2, 0.25) is 0 Å². The minimum atomic E-state index is -0.960. The molecule has 0 spiro atoms. The number of nitrogens with one attached hydrogen (secondary N) is 1. The average Bonchev–Trinajstić information content (AvgIpc) is 2.92. The van der Waals surface area contributed by atoms with Gasteiger partial charge in [-0.3, -0.25) is 19.6 Å². The van der Waals surface area contributed by atoms with Crippen molar-refractivity contribution >= 4 is 17.8 Å². The number of hydrogen-bond acceptors (Lipinski definition) is 7. The number of rotatable bonds is 7. The molecule has 11 heteroatoms. The van der Waals surface area contributed by atoms with Crippen molar-refractivity contribution in [2.24, 2.45) is 11.5 Å². The maximum absolute atomic E-state index is 12.9. The summed E-state index contributed by atoms with van der Waals surface area (Å²) in [5.74, 6) is 0.0392. The van der Waals surface area contributed by atoms with Gasteiger partial charge >= 0.3 is 11.7 Å². The lowest BCUT2D eigenvalue weighted by Crippen LogP contribution is -2.61. The Hall–Kier alpha value is -3.28. The summed E-state index contributed by atoms with van der Waals surface area (Å²) < 4.78 is 1.46. The van der Waals surface area contributed by atoms with Gasteiger partial charge in [0.05, 0.1) is 11.2 Å². The molecular weight excluding hydrogens is 508 g/mol. The molecule has 11 nitrogen and oxygen atoms in total. The van der Waals surface area contributed by atoms with Crippen molar-refractivity contribution in [1.29, 1.82) is 0 Å². The number of aromatic nitrogens is 2. The van der Waals surface area contributed by atoms with Gasteiger partial charge in [0, 0.05) is 50.5 Å². The number of nitrogens with two attached hydrogens (primary N) is 2. The molecule has 1 aromatic heterocycles. The molecule has 218 valence electrons. The van der Waals surface area contributed by atoms with Gasteiger partial charge in [0.25, 0.3) is 0 Å². The van der Waals surface area contributed by atoms with Crippen molar-refractivity contribution < 1.29 is 9.59 Å². The zero-order chi connectivity index (χ0) is 29.0. The van der Waals surface area contributed by atoms with Crippen molar-refractivity contribution in [2.75, 3.05) is 31.5 Å². The predicted molar refractivity (Wildman–Crippen MR) is 156 cm³/mol. The largest absolute Gasteiger partial charge is 0.354 e. The highest BCUT2D eigenvalue weighted by Crippen LogP contribution is 2.24. The number of nitrogens with zero attached hydrogens (tertiary/aromatic N) is 5. The number of hydrogen-bond donors (Lipinski definition) is 3. The maximum Gasteiger partial charge on any atom is 0.354 e. The molecule has 1 aliphatic carbocycles. The van der Waals surface area contributed by atoms with Crippen molar-refractivity contribution in [2.45, 2.75) is 83.6 Å². The van der Waals surface area contributed by atoms with Crippen LogP contribution >= 0.6 is 0 Å². The van der Waals surface area contributed by atoms with Gasteiger partial charge in [-0.05, 0) is 76.8 Å². The molecule has 2 aliphatic rings. The topological polar surface area (TPSA) is 143 Å². The minimum absolute atomic E-state index is 0.144. The van der Waals surface area contributed by atoms with E-state index in [2.05, 4.69) is 22.1 Å². The zero-order valence-electron chi connectivity index (χ0n) is 24.2. The molecule has 2 fully saturated rings. The Morgan fingerprint density at radius 3 is 2.35 bits per heavy atom. The molecule has 4 rings (SSSR count). The molecule has 1 aromatic carbocycles. The van der Waals surface area contributed by atoms with E-state index in [9.17, 15) is 14.4 Å². The second-order valence-corrected chi connectivity index (χ2v) is 11.7. The van der Waals surface area contributed by atoms with E-state index < -0.39 is 11.2 Å². The van der Waals surface area contributed by atoms with Crippen LogP contribution in [0.3, 0.4) is 0 Å². The van der Waals surface area contributed by atoms with Gasteiger partial charge in [0.1, 0.15) is 5.82 Å². The first-order valence-corrected chi connectivity index (χ1v) is 14.3. The fourth-order valence-corrected chi connectivity index (χ4v) is 5.66. The van der Waals surface area contributed by atoms with Gasteiger partial charge in [0.15, 0.2) is 0 Å². The van der Waals surface area contributed by atoms with E-state index in [0.717, 1.165) is 38.8 Å².